The van der Waals surface area contributed by atoms with Gasteiger partial charge in [0.1, 0.15) is 7.05 Å². The largest absolute Gasteiger partial charge is 0.355 e. The number of unbranched alkanes of at least 4 members (excludes halogenated alkanes) is 2. The minimum atomic E-state index is 0.231. The molecule has 0 saturated heterocycles. The van der Waals surface area contributed by atoms with Crippen molar-refractivity contribution in [3.63, 3.8) is 0 Å². The average molecular weight is 875 g/mol. The lowest BCUT2D eigenvalue weighted by Crippen LogP contribution is -2.11. The number of thiol groups is 1. The molecular weight excluding hydrogens is 790 g/mol. The zero-order valence-corrected chi connectivity index (χ0v) is 43.6. The minimum Gasteiger partial charge on any atom is -0.355 e. The fourth-order valence-electron chi connectivity index (χ4n) is 6.19. The van der Waals surface area contributed by atoms with Gasteiger partial charge in [-0.25, -0.2) is 0 Å². The van der Waals surface area contributed by atoms with Gasteiger partial charge in [0.15, 0.2) is 0 Å². The Labute approximate surface area is 390 Å². The summed E-state index contributed by atoms with van der Waals surface area (Å²) in [6.45, 7) is 35.6. The first-order valence-corrected chi connectivity index (χ1v) is 24.2. The van der Waals surface area contributed by atoms with Crippen LogP contribution in [0.5, 0.6) is 0 Å². The van der Waals surface area contributed by atoms with Gasteiger partial charge in [0.2, 0.25) is 11.4 Å². The van der Waals surface area contributed by atoms with Crippen molar-refractivity contribution in [3.05, 3.63) is 143 Å². The first-order chi connectivity index (χ1) is 29.9. The molecule has 0 fully saturated rings. The summed E-state index contributed by atoms with van der Waals surface area (Å²) < 4.78 is 2.31. The topological polar surface area (TPSA) is 22.0 Å². The van der Waals surface area contributed by atoms with Gasteiger partial charge >= 0.3 is 0 Å². The molecule has 0 saturated carbocycles. The van der Waals surface area contributed by atoms with E-state index in [2.05, 4.69) is 196 Å². The predicted molar refractivity (Wildman–Crippen MR) is 291 cm³/mol. The zero-order valence-electron chi connectivity index (χ0n) is 41.6. The highest BCUT2D eigenvalue weighted by atomic mass is 32.1. The first kappa shape index (κ1) is 59.6. The number of benzene rings is 2. The van der Waals surface area contributed by atoms with E-state index < -0.39 is 0 Å². The molecule has 2 aromatic carbocycles. The van der Waals surface area contributed by atoms with Crippen molar-refractivity contribution >= 4 is 50.9 Å². The molecule has 0 spiro atoms. The number of allylic oxidation sites excluding steroid dienone is 6. The van der Waals surface area contributed by atoms with E-state index in [-0.39, 0.29) is 5.25 Å². The molecule has 1 aliphatic heterocycles. The minimum absolute atomic E-state index is 0.231. The number of nitrogens with zero attached hydrogens (tertiary/aromatic N) is 2. The third kappa shape index (κ3) is 23.1. The third-order valence-corrected chi connectivity index (χ3v) is 9.83. The third-order valence-electron chi connectivity index (χ3n) is 9.29. The number of rotatable bonds is 12. The number of H-pyrrole nitrogens is 1. The Bertz CT molecular complexity index is 1980. The molecule has 2 unspecified atom stereocenters. The average Bonchev–Trinajstić information content (AvgIpc) is 3.95. The predicted octanol–water partition coefficient (Wildman–Crippen LogP) is 15.7. The number of nitrogens with one attached hydrogen (secondary N) is 1. The summed E-state index contributed by atoms with van der Waals surface area (Å²) in [4.78, 5) is 5.61. The van der Waals surface area contributed by atoms with Gasteiger partial charge in [-0.3, -0.25) is 0 Å². The quantitative estimate of drug-likeness (QED) is 0.0354. The van der Waals surface area contributed by atoms with Gasteiger partial charge in [-0.2, -0.15) is 17.2 Å². The van der Waals surface area contributed by atoms with E-state index in [0.29, 0.717) is 0 Å². The Morgan fingerprint density at radius 1 is 0.903 bits per heavy atom. The molecule has 2 atom stereocenters. The van der Waals surface area contributed by atoms with Crippen molar-refractivity contribution in [2.24, 2.45) is 0 Å². The van der Waals surface area contributed by atoms with E-state index in [0.717, 1.165) is 29.9 Å². The monoisotopic (exact) mass is 875 g/mol. The van der Waals surface area contributed by atoms with Crippen LogP contribution in [-0.2, 0) is 6.42 Å². The maximum Gasteiger partial charge on any atom is 0.209 e. The smallest absolute Gasteiger partial charge is 0.209 e. The van der Waals surface area contributed by atoms with E-state index in [4.69, 9.17) is 0 Å². The summed E-state index contributed by atoms with van der Waals surface area (Å²) in [7, 11) is 6.87. The van der Waals surface area contributed by atoms with E-state index >= 15 is 0 Å². The highest BCUT2D eigenvalue weighted by molar-refractivity contribution is 7.81. The summed E-state index contributed by atoms with van der Waals surface area (Å²) in [6, 6.07) is 22.9. The van der Waals surface area contributed by atoms with Gasteiger partial charge in [0.05, 0.1) is 5.25 Å². The van der Waals surface area contributed by atoms with E-state index in [1.54, 1.807) is 0 Å². The van der Waals surface area contributed by atoms with Gasteiger partial charge < -0.3 is 9.88 Å². The van der Waals surface area contributed by atoms with Gasteiger partial charge in [0.25, 0.3) is 0 Å². The number of aromatic amines is 1. The lowest BCUT2D eigenvalue weighted by molar-refractivity contribution is -0.431. The van der Waals surface area contributed by atoms with E-state index in [1.807, 2.05) is 66.5 Å². The van der Waals surface area contributed by atoms with Crippen molar-refractivity contribution in [1.29, 1.82) is 0 Å². The van der Waals surface area contributed by atoms with Gasteiger partial charge in [-0.1, -0.05) is 146 Å². The van der Waals surface area contributed by atoms with Crippen LogP contribution in [0.15, 0.2) is 104 Å². The molecular formula is C57H85N3PS+. The number of hydrogen-bond acceptors (Lipinski definition) is 2. The van der Waals surface area contributed by atoms with Gasteiger partial charge in [-0.15, -0.1) is 28.3 Å². The van der Waals surface area contributed by atoms with Crippen LogP contribution >= 0.6 is 21.9 Å². The van der Waals surface area contributed by atoms with Crippen LogP contribution < -0.4 is 0 Å². The SMILES string of the molecule is C=C.C=C/C(=C\c1[nH]c(/C=C2/C=C3CC(c4ccc(CCCC)cc4)=CC3=[N+]2C)cc1C)c1ccc(C)cc1.CC.CC.CC#CC(C)S.CC#CN(C)CCC.CCCCP. The molecule has 1 aromatic heterocycles. The maximum atomic E-state index is 4.05. The van der Waals surface area contributed by atoms with Crippen molar-refractivity contribution in [3.8, 4) is 23.8 Å². The first-order valence-electron chi connectivity index (χ1n) is 22.8. The standard InChI is InChI=1S/C35H36N2.C7H13N.C5H8S.C4H11P.2C2H6.C2H4/c1-6-8-9-26-12-16-29(17-13-26)30-19-31-20-33(37(5)35(31)22-30)23-32-18-25(4)34(36-32)21-27(7-2)28-14-10-24(3)11-15-28;1-4-6-8(3)7-5-2;1-3-4-5(2)6;1-2-3-4-5;3*1-2/h7,10-18,20-23H,2,6,8-9,19H2,1,3-5H3;4,6H2,1-3H3;5-6H,1-2H3;2-5H2,1H3;2*1-2H3;1-2H2/p+1/b27-21+;;;;;;. The molecule has 62 heavy (non-hydrogen) atoms. The second-order valence-electron chi connectivity index (χ2n) is 14.3. The summed E-state index contributed by atoms with van der Waals surface area (Å²) >= 11 is 4.00. The van der Waals surface area contributed by atoms with Crippen LogP contribution in [0.25, 0.3) is 23.3 Å². The summed E-state index contributed by atoms with van der Waals surface area (Å²) in [6.07, 6.45) is 20.8. The number of hydrogen-bond donors (Lipinski definition) is 2. The van der Waals surface area contributed by atoms with Crippen molar-refractivity contribution in [2.75, 3.05) is 26.8 Å². The zero-order chi connectivity index (χ0) is 47.5. The Kier molecular flexibility index (Phi) is 35.7. The molecule has 5 heteroatoms. The van der Waals surface area contributed by atoms with Crippen LogP contribution in [0, 0.1) is 37.7 Å². The van der Waals surface area contributed by atoms with Crippen LogP contribution in [0.2, 0.25) is 0 Å². The molecule has 0 amide bonds. The fourth-order valence-corrected chi connectivity index (χ4v) is 6.73. The van der Waals surface area contributed by atoms with E-state index in [1.165, 1.54) is 95.1 Å². The molecule has 3 nitrogen and oxygen atoms in total. The number of fused-ring (bicyclic) bond motifs is 1. The molecule has 5 rings (SSSR count). The Morgan fingerprint density at radius 2 is 1.52 bits per heavy atom. The van der Waals surface area contributed by atoms with Crippen LogP contribution in [0.1, 0.15) is 147 Å². The lowest BCUT2D eigenvalue weighted by Gasteiger charge is -2.06. The number of aryl methyl sites for hydroxylation is 3. The highest BCUT2D eigenvalue weighted by Gasteiger charge is 2.31. The van der Waals surface area contributed by atoms with Gasteiger partial charge in [0, 0.05) is 61.2 Å². The summed E-state index contributed by atoms with van der Waals surface area (Å²) in [5, 5.41) is 0.231. The normalized spacial score (nSPS) is 12.8. The lowest BCUT2D eigenvalue weighted by atomic mass is 10.0. The van der Waals surface area contributed by atoms with Crippen molar-refractivity contribution in [2.45, 2.75) is 133 Å². The molecule has 338 valence electrons. The number of likely N-dealkylation sites (N-methyl/N-ethyl adjacent to an activating group) is 1. The van der Waals surface area contributed by atoms with Crippen LogP contribution in [0.4, 0.5) is 0 Å². The highest BCUT2D eigenvalue weighted by Crippen LogP contribution is 2.35. The van der Waals surface area contributed by atoms with Crippen LogP contribution in [0.3, 0.4) is 0 Å². The molecule has 1 aliphatic carbocycles. The molecule has 0 radical (unpaired) electrons. The molecule has 3 aromatic rings. The fraction of sp³-hybridized carbons (Fsp3) is 0.421. The van der Waals surface area contributed by atoms with Crippen LogP contribution in [-0.4, -0.2) is 52.2 Å². The molecule has 2 heterocycles. The Hall–Kier alpha value is -4.47. The van der Waals surface area contributed by atoms with Gasteiger partial charge in [-0.05, 0) is 106 Å². The second-order valence-corrected chi connectivity index (χ2v) is 15.7. The molecule has 1 N–H and O–H groups in total. The Morgan fingerprint density at radius 3 is 1.97 bits per heavy atom. The molecule has 2 aliphatic rings. The van der Waals surface area contributed by atoms with Crippen molar-refractivity contribution < 1.29 is 4.58 Å². The van der Waals surface area contributed by atoms with Crippen molar-refractivity contribution in [1.82, 2.24) is 9.88 Å². The molecule has 0 bridgehead atoms. The van der Waals surface area contributed by atoms with E-state index in [9.17, 15) is 0 Å². The Balaban J connectivity index is 0. The summed E-state index contributed by atoms with van der Waals surface area (Å²) in [5.74, 6) is 8.39. The summed E-state index contributed by atoms with van der Waals surface area (Å²) in [5.41, 5.74) is 15.1. The maximum absolute atomic E-state index is 4.05. The number of aromatic nitrogens is 1. The second kappa shape index (κ2) is 37.1.